The summed E-state index contributed by atoms with van der Waals surface area (Å²) in [6.07, 6.45) is 1.91. The minimum absolute atomic E-state index is 0.160. The van der Waals surface area contributed by atoms with E-state index >= 15 is 0 Å². The molecule has 1 N–H and O–H groups in total. The zero-order valence-electron chi connectivity index (χ0n) is 15.1. The highest BCUT2D eigenvalue weighted by atomic mass is 16.7. The van der Waals surface area contributed by atoms with Gasteiger partial charge < -0.3 is 23.7 Å². The van der Waals surface area contributed by atoms with Gasteiger partial charge in [0.2, 0.25) is 18.5 Å². The predicted molar refractivity (Wildman–Crippen MR) is 102 cm³/mol. The Balaban J connectivity index is 1.35. The van der Waals surface area contributed by atoms with Crippen LogP contribution in [0.1, 0.15) is 21.8 Å². The van der Waals surface area contributed by atoms with Crippen molar-refractivity contribution in [3.8, 4) is 23.1 Å². The maximum atomic E-state index is 12.7. The van der Waals surface area contributed by atoms with E-state index in [1.807, 2.05) is 24.3 Å². The van der Waals surface area contributed by atoms with Crippen molar-refractivity contribution in [3.63, 3.8) is 0 Å². The highest BCUT2D eigenvalue weighted by molar-refractivity contribution is 6.05. The van der Waals surface area contributed by atoms with Crippen LogP contribution in [0.15, 0.2) is 69.8 Å². The highest BCUT2D eigenvalue weighted by Gasteiger charge is 2.18. The minimum Gasteiger partial charge on any atom is -0.461 e. The Bertz CT molecular complexity index is 1170. The van der Waals surface area contributed by atoms with Crippen molar-refractivity contribution in [3.05, 3.63) is 77.9 Å². The number of hydrogen-bond donors (Lipinski definition) is 1. The average Bonchev–Trinajstić information content (AvgIpc) is 3.50. The minimum atomic E-state index is -0.252. The molecule has 8 nitrogen and oxygen atoms in total. The fourth-order valence-corrected chi connectivity index (χ4v) is 3.02. The van der Waals surface area contributed by atoms with Gasteiger partial charge in [0.15, 0.2) is 17.3 Å². The summed E-state index contributed by atoms with van der Waals surface area (Å²) in [5.74, 6) is 2.27. The molecule has 3 heterocycles. The van der Waals surface area contributed by atoms with Crippen LogP contribution in [0.5, 0.6) is 11.5 Å². The van der Waals surface area contributed by atoms with Gasteiger partial charge in [-0.3, -0.25) is 4.79 Å². The van der Waals surface area contributed by atoms with Crippen molar-refractivity contribution in [1.82, 2.24) is 10.1 Å². The number of anilines is 1. The number of hydrogen-bond acceptors (Lipinski definition) is 7. The van der Waals surface area contributed by atoms with Gasteiger partial charge in [0.1, 0.15) is 0 Å². The van der Waals surface area contributed by atoms with Gasteiger partial charge in [0.05, 0.1) is 12.7 Å². The zero-order valence-corrected chi connectivity index (χ0v) is 15.1. The summed E-state index contributed by atoms with van der Waals surface area (Å²) in [4.78, 5) is 17.1. The van der Waals surface area contributed by atoms with Gasteiger partial charge in [-0.2, -0.15) is 4.98 Å². The Morgan fingerprint density at radius 1 is 1.03 bits per heavy atom. The van der Waals surface area contributed by atoms with E-state index in [1.165, 1.54) is 0 Å². The molecule has 0 fully saturated rings. The molecular weight excluding hydrogens is 374 g/mol. The molecule has 1 aliphatic rings. The Hall–Kier alpha value is -4.07. The standard InChI is InChI=1S/C21H15N3O5/c25-21(14-7-8-16-18(10-14)28-12-27-16)22-15-5-2-1-4-13(15)11-19-23-20(24-29-19)17-6-3-9-26-17/h1-10H,11-12H2,(H,22,25). The van der Waals surface area contributed by atoms with Gasteiger partial charge >= 0.3 is 0 Å². The smallest absolute Gasteiger partial charge is 0.255 e. The van der Waals surface area contributed by atoms with Gasteiger partial charge in [-0.15, -0.1) is 0 Å². The average molecular weight is 389 g/mol. The maximum absolute atomic E-state index is 12.7. The lowest BCUT2D eigenvalue weighted by Gasteiger charge is -2.10. The maximum Gasteiger partial charge on any atom is 0.255 e. The van der Waals surface area contributed by atoms with E-state index in [9.17, 15) is 4.79 Å². The number of furan rings is 1. The second-order valence-electron chi connectivity index (χ2n) is 6.35. The third-order valence-electron chi connectivity index (χ3n) is 4.45. The first kappa shape index (κ1) is 17.1. The fourth-order valence-electron chi connectivity index (χ4n) is 3.02. The van der Waals surface area contributed by atoms with Crippen LogP contribution in [0, 0.1) is 0 Å². The van der Waals surface area contributed by atoms with Gasteiger partial charge in [0.25, 0.3) is 5.91 Å². The van der Waals surface area contributed by atoms with Crippen LogP contribution in [0.2, 0.25) is 0 Å². The molecule has 4 aromatic rings. The number of rotatable bonds is 5. The molecule has 144 valence electrons. The van der Waals surface area contributed by atoms with Crippen molar-refractivity contribution in [2.24, 2.45) is 0 Å². The van der Waals surface area contributed by atoms with Crippen LogP contribution in [-0.2, 0) is 6.42 Å². The number of carbonyl (C=O) groups excluding carboxylic acids is 1. The lowest BCUT2D eigenvalue weighted by Crippen LogP contribution is -2.13. The molecule has 0 radical (unpaired) electrons. The molecule has 2 aromatic heterocycles. The third kappa shape index (κ3) is 3.43. The summed E-state index contributed by atoms with van der Waals surface area (Å²) in [6.45, 7) is 0.160. The van der Waals surface area contributed by atoms with Crippen LogP contribution < -0.4 is 14.8 Å². The Labute approximate surface area is 165 Å². The summed E-state index contributed by atoms with van der Waals surface area (Å²) in [5, 5.41) is 6.86. The number of nitrogens with zero attached hydrogens (tertiary/aromatic N) is 2. The van der Waals surface area contributed by atoms with Gasteiger partial charge in [-0.1, -0.05) is 23.4 Å². The molecule has 0 spiro atoms. The van der Waals surface area contributed by atoms with Crippen LogP contribution in [0.3, 0.4) is 0 Å². The van der Waals surface area contributed by atoms with E-state index in [-0.39, 0.29) is 12.7 Å². The third-order valence-corrected chi connectivity index (χ3v) is 4.45. The molecule has 0 saturated heterocycles. The van der Waals surface area contributed by atoms with Crippen LogP contribution >= 0.6 is 0 Å². The first-order chi connectivity index (χ1) is 14.3. The fraction of sp³-hybridized carbons (Fsp3) is 0.0952. The van der Waals surface area contributed by atoms with E-state index in [0.29, 0.717) is 46.6 Å². The summed E-state index contributed by atoms with van der Waals surface area (Å²) in [5.41, 5.74) is 1.98. The summed E-state index contributed by atoms with van der Waals surface area (Å²) >= 11 is 0. The predicted octanol–water partition coefficient (Wildman–Crippen LogP) is 3.90. The molecule has 0 aliphatic carbocycles. The monoisotopic (exact) mass is 389 g/mol. The Morgan fingerprint density at radius 2 is 1.93 bits per heavy atom. The van der Waals surface area contributed by atoms with E-state index in [2.05, 4.69) is 15.5 Å². The molecule has 8 heteroatoms. The highest BCUT2D eigenvalue weighted by Crippen LogP contribution is 2.32. The molecule has 0 atom stereocenters. The van der Waals surface area contributed by atoms with Crippen LogP contribution in [-0.4, -0.2) is 22.8 Å². The number of fused-ring (bicyclic) bond motifs is 1. The number of aromatic nitrogens is 2. The molecule has 0 saturated carbocycles. The lowest BCUT2D eigenvalue weighted by molar-refractivity contribution is 0.102. The van der Waals surface area contributed by atoms with E-state index in [1.54, 1.807) is 36.6 Å². The molecule has 0 bridgehead atoms. The van der Waals surface area contributed by atoms with Crippen LogP contribution in [0.25, 0.3) is 11.6 Å². The SMILES string of the molecule is O=C(Nc1ccccc1Cc1nc(-c2ccco2)no1)c1ccc2c(c1)OCO2. The number of amides is 1. The molecule has 2 aromatic carbocycles. The lowest BCUT2D eigenvalue weighted by atomic mass is 10.1. The van der Waals surface area contributed by atoms with Crippen molar-refractivity contribution in [2.75, 3.05) is 12.1 Å². The molecule has 1 amide bonds. The number of carbonyl (C=O) groups is 1. The van der Waals surface area contributed by atoms with Gasteiger partial charge in [0, 0.05) is 11.3 Å². The summed E-state index contributed by atoms with van der Waals surface area (Å²) in [6, 6.07) is 16.0. The van der Waals surface area contributed by atoms with Crippen molar-refractivity contribution < 1.29 is 23.2 Å². The van der Waals surface area contributed by atoms with Crippen molar-refractivity contribution >= 4 is 11.6 Å². The number of nitrogens with one attached hydrogen (secondary N) is 1. The van der Waals surface area contributed by atoms with Crippen LogP contribution in [0.4, 0.5) is 5.69 Å². The number of ether oxygens (including phenoxy) is 2. The Kier molecular flexibility index (Phi) is 4.21. The summed E-state index contributed by atoms with van der Waals surface area (Å²) in [7, 11) is 0. The number of para-hydroxylation sites is 1. The quantitative estimate of drug-likeness (QED) is 0.552. The Morgan fingerprint density at radius 3 is 2.83 bits per heavy atom. The molecular formula is C21H15N3O5. The number of benzene rings is 2. The molecule has 0 unspecified atom stereocenters. The largest absolute Gasteiger partial charge is 0.461 e. The molecule has 5 rings (SSSR count). The van der Waals surface area contributed by atoms with E-state index in [4.69, 9.17) is 18.4 Å². The normalized spacial score (nSPS) is 12.1. The summed E-state index contributed by atoms with van der Waals surface area (Å²) < 4.78 is 21.2. The molecule has 1 aliphatic heterocycles. The molecule has 29 heavy (non-hydrogen) atoms. The van der Waals surface area contributed by atoms with Gasteiger partial charge in [-0.25, -0.2) is 0 Å². The second kappa shape index (κ2) is 7.16. The van der Waals surface area contributed by atoms with Crippen molar-refractivity contribution in [2.45, 2.75) is 6.42 Å². The van der Waals surface area contributed by atoms with Gasteiger partial charge in [-0.05, 0) is 42.0 Å². The van der Waals surface area contributed by atoms with E-state index < -0.39 is 0 Å². The zero-order chi connectivity index (χ0) is 19.6. The first-order valence-electron chi connectivity index (χ1n) is 8.91. The van der Waals surface area contributed by atoms with E-state index in [0.717, 1.165) is 5.56 Å². The first-order valence-corrected chi connectivity index (χ1v) is 8.91. The van der Waals surface area contributed by atoms with Crippen molar-refractivity contribution in [1.29, 1.82) is 0 Å². The second-order valence-corrected chi connectivity index (χ2v) is 6.35. The topological polar surface area (TPSA) is 99.6 Å².